The number of nitrogens with zero attached hydrogens (tertiary/aromatic N) is 2. The van der Waals surface area contributed by atoms with E-state index in [0.717, 1.165) is 16.8 Å². The van der Waals surface area contributed by atoms with Gasteiger partial charge in [0, 0.05) is 30.7 Å². The van der Waals surface area contributed by atoms with Gasteiger partial charge in [-0.05, 0) is 29.3 Å². The maximum atomic E-state index is 13.0. The second kappa shape index (κ2) is 11.8. The lowest BCUT2D eigenvalue weighted by atomic mass is 10.0. The summed E-state index contributed by atoms with van der Waals surface area (Å²) >= 11 is 1.29. The molecule has 1 atom stereocenters. The van der Waals surface area contributed by atoms with Crippen molar-refractivity contribution >= 4 is 34.0 Å². The SMILES string of the molecule is COc1ccccc1Nc1nc(C(=O)N[C@@H](Cc2ccccc2)C(=O)NCc2cccnc2)cs1. The molecule has 0 bridgehead atoms. The molecule has 0 aliphatic heterocycles. The topological polar surface area (TPSA) is 105 Å². The van der Waals surface area contributed by atoms with Gasteiger partial charge in [0.25, 0.3) is 5.91 Å². The highest BCUT2D eigenvalue weighted by molar-refractivity contribution is 7.14. The lowest BCUT2D eigenvalue weighted by Gasteiger charge is -2.18. The number of benzene rings is 2. The Labute approximate surface area is 207 Å². The van der Waals surface area contributed by atoms with Crippen molar-refractivity contribution in [3.05, 3.63) is 101 Å². The number of carbonyl (C=O) groups excluding carboxylic acids is 2. The predicted molar refractivity (Wildman–Crippen MR) is 136 cm³/mol. The number of para-hydroxylation sites is 2. The monoisotopic (exact) mass is 487 g/mol. The van der Waals surface area contributed by atoms with Gasteiger partial charge in [0.2, 0.25) is 5.91 Å². The van der Waals surface area contributed by atoms with Crippen LogP contribution in [0.1, 0.15) is 21.6 Å². The molecule has 2 amide bonds. The molecule has 0 aliphatic carbocycles. The second-order valence-corrected chi connectivity index (χ2v) is 8.52. The molecule has 35 heavy (non-hydrogen) atoms. The van der Waals surface area contributed by atoms with Crippen molar-refractivity contribution in [1.82, 2.24) is 20.6 Å². The van der Waals surface area contributed by atoms with Crippen LogP contribution in [-0.4, -0.2) is 34.9 Å². The van der Waals surface area contributed by atoms with Gasteiger partial charge in [-0.1, -0.05) is 48.5 Å². The van der Waals surface area contributed by atoms with Crippen molar-refractivity contribution in [3.63, 3.8) is 0 Å². The van der Waals surface area contributed by atoms with E-state index in [9.17, 15) is 9.59 Å². The highest BCUT2D eigenvalue weighted by Crippen LogP contribution is 2.28. The first-order chi connectivity index (χ1) is 17.1. The van der Waals surface area contributed by atoms with Crippen LogP contribution in [-0.2, 0) is 17.8 Å². The van der Waals surface area contributed by atoms with Gasteiger partial charge in [0.1, 0.15) is 17.5 Å². The van der Waals surface area contributed by atoms with Crippen LogP contribution >= 0.6 is 11.3 Å². The van der Waals surface area contributed by atoms with E-state index < -0.39 is 11.9 Å². The Bertz CT molecular complexity index is 1260. The molecule has 3 N–H and O–H groups in total. The van der Waals surface area contributed by atoms with E-state index in [1.165, 1.54) is 11.3 Å². The number of pyridine rings is 1. The minimum Gasteiger partial charge on any atom is -0.495 e. The van der Waals surface area contributed by atoms with Crippen LogP contribution in [0.25, 0.3) is 0 Å². The molecule has 0 unspecified atom stereocenters. The van der Waals surface area contributed by atoms with Crippen molar-refractivity contribution in [3.8, 4) is 5.75 Å². The number of thiazole rings is 1. The molecular weight excluding hydrogens is 462 g/mol. The van der Waals surface area contributed by atoms with Crippen molar-refractivity contribution in [2.45, 2.75) is 19.0 Å². The molecule has 9 heteroatoms. The summed E-state index contributed by atoms with van der Waals surface area (Å²) < 4.78 is 5.35. The zero-order valence-corrected chi connectivity index (χ0v) is 19.9. The lowest BCUT2D eigenvalue weighted by Crippen LogP contribution is -2.47. The summed E-state index contributed by atoms with van der Waals surface area (Å²) in [6, 6.07) is 19.9. The van der Waals surface area contributed by atoms with Gasteiger partial charge < -0.3 is 20.7 Å². The zero-order chi connectivity index (χ0) is 24.5. The molecule has 0 saturated carbocycles. The first-order valence-electron chi connectivity index (χ1n) is 11.0. The Morgan fingerprint density at radius 1 is 1.00 bits per heavy atom. The number of methoxy groups -OCH3 is 1. The Hall–Kier alpha value is -4.24. The summed E-state index contributed by atoms with van der Waals surface area (Å²) in [4.78, 5) is 34.5. The number of hydrogen-bond acceptors (Lipinski definition) is 7. The van der Waals surface area contributed by atoms with Gasteiger partial charge >= 0.3 is 0 Å². The molecule has 4 rings (SSSR count). The number of nitrogens with one attached hydrogen (secondary N) is 3. The van der Waals surface area contributed by atoms with Crippen molar-refractivity contribution in [2.75, 3.05) is 12.4 Å². The minimum absolute atomic E-state index is 0.227. The maximum Gasteiger partial charge on any atom is 0.271 e. The Morgan fingerprint density at radius 2 is 1.77 bits per heavy atom. The number of ether oxygens (including phenoxy) is 1. The summed E-state index contributed by atoms with van der Waals surface area (Å²) in [7, 11) is 1.59. The predicted octanol–water partition coefficient (Wildman–Crippen LogP) is 3.95. The summed E-state index contributed by atoms with van der Waals surface area (Å²) in [5.41, 5.74) is 2.78. The van der Waals surface area contributed by atoms with E-state index in [1.54, 1.807) is 24.9 Å². The third-order valence-electron chi connectivity index (χ3n) is 5.18. The highest BCUT2D eigenvalue weighted by atomic mass is 32.1. The van der Waals surface area contributed by atoms with E-state index >= 15 is 0 Å². The lowest BCUT2D eigenvalue weighted by molar-refractivity contribution is -0.123. The van der Waals surface area contributed by atoms with Crippen molar-refractivity contribution in [2.24, 2.45) is 0 Å². The molecule has 8 nitrogen and oxygen atoms in total. The van der Waals surface area contributed by atoms with Gasteiger partial charge in [0.15, 0.2) is 5.13 Å². The third kappa shape index (κ3) is 6.64. The molecule has 2 aromatic heterocycles. The number of anilines is 2. The smallest absolute Gasteiger partial charge is 0.271 e. The van der Waals surface area contributed by atoms with E-state index in [1.807, 2.05) is 66.7 Å². The first kappa shape index (κ1) is 23.9. The number of carbonyl (C=O) groups is 2. The molecule has 0 fully saturated rings. The summed E-state index contributed by atoms with van der Waals surface area (Å²) in [6.07, 6.45) is 3.72. The van der Waals surface area contributed by atoms with E-state index in [2.05, 4.69) is 25.9 Å². The van der Waals surface area contributed by atoms with Gasteiger partial charge in [0.05, 0.1) is 12.8 Å². The largest absolute Gasteiger partial charge is 0.495 e. The summed E-state index contributed by atoms with van der Waals surface area (Å²) in [5, 5.41) is 11.1. The molecule has 0 radical (unpaired) electrons. The standard InChI is InChI=1S/C26H25N5O3S/c1-34-23-12-6-5-11-20(23)30-26-31-22(17-35-26)25(33)29-21(14-18-8-3-2-4-9-18)24(32)28-16-19-10-7-13-27-15-19/h2-13,15,17,21H,14,16H2,1H3,(H,28,32)(H,29,33)(H,30,31)/t21-/m0/s1. The summed E-state index contributed by atoms with van der Waals surface area (Å²) in [6.45, 7) is 0.317. The van der Waals surface area contributed by atoms with Crippen molar-refractivity contribution in [1.29, 1.82) is 0 Å². The molecule has 178 valence electrons. The number of amides is 2. The fourth-order valence-electron chi connectivity index (χ4n) is 3.40. The van der Waals surface area contributed by atoms with Gasteiger partial charge in [-0.2, -0.15) is 0 Å². The molecular formula is C26H25N5O3S. The molecule has 0 aliphatic rings. The number of rotatable bonds is 10. The minimum atomic E-state index is -0.770. The number of aromatic nitrogens is 2. The quantitative estimate of drug-likeness (QED) is 0.313. The van der Waals surface area contributed by atoms with E-state index in [0.29, 0.717) is 23.8 Å². The van der Waals surface area contributed by atoms with Crippen LogP contribution in [0.4, 0.5) is 10.8 Å². The normalized spacial score (nSPS) is 11.3. The molecule has 0 spiro atoms. The van der Waals surface area contributed by atoms with Crippen LogP contribution in [0.3, 0.4) is 0 Å². The fraction of sp³-hybridized carbons (Fsp3) is 0.154. The Morgan fingerprint density at radius 3 is 2.54 bits per heavy atom. The van der Waals surface area contributed by atoms with Gasteiger partial charge in [-0.15, -0.1) is 11.3 Å². The maximum absolute atomic E-state index is 13.0. The fourth-order valence-corrected chi connectivity index (χ4v) is 4.11. The average molecular weight is 488 g/mol. The zero-order valence-electron chi connectivity index (χ0n) is 19.1. The molecule has 2 heterocycles. The number of hydrogen-bond donors (Lipinski definition) is 3. The van der Waals surface area contributed by atoms with Crippen LogP contribution in [0.15, 0.2) is 84.5 Å². The Kier molecular flexibility index (Phi) is 8.03. The molecule has 4 aromatic rings. The summed E-state index contributed by atoms with van der Waals surface area (Å²) in [5.74, 6) is -0.0395. The van der Waals surface area contributed by atoms with Gasteiger partial charge in [-0.3, -0.25) is 14.6 Å². The van der Waals surface area contributed by atoms with E-state index in [4.69, 9.17) is 4.74 Å². The second-order valence-electron chi connectivity index (χ2n) is 7.66. The molecule has 0 saturated heterocycles. The van der Waals surface area contributed by atoms with Crippen LogP contribution in [0.2, 0.25) is 0 Å². The van der Waals surface area contributed by atoms with Crippen LogP contribution < -0.4 is 20.7 Å². The average Bonchev–Trinajstić information content (AvgIpc) is 3.37. The van der Waals surface area contributed by atoms with Crippen LogP contribution in [0.5, 0.6) is 5.75 Å². The highest BCUT2D eigenvalue weighted by Gasteiger charge is 2.23. The van der Waals surface area contributed by atoms with Crippen LogP contribution in [0, 0.1) is 0 Å². The third-order valence-corrected chi connectivity index (χ3v) is 5.94. The van der Waals surface area contributed by atoms with E-state index in [-0.39, 0.29) is 11.6 Å². The van der Waals surface area contributed by atoms with Crippen molar-refractivity contribution < 1.29 is 14.3 Å². The Balaban J connectivity index is 1.45. The first-order valence-corrected chi connectivity index (χ1v) is 11.9. The van der Waals surface area contributed by atoms with Gasteiger partial charge in [-0.25, -0.2) is 4.98 Å². The molecule has 2 aromatic carbocycles.